The first kappa shape index (κ1) is 10.9. The second kappa shape index (κ2) is 4.96. The Morgan fingerprint density at radius 1 is 1.60 bits per heavy atom. The van der Waals surface area contributed by atoms with Crippen molar-refractivity contribution in [3.8, 4) is 0 Å². The van der Waals surface area contributed by atoms with Crippen molar-refractivity contribution in [3.05, 3.63) is 11.7 Å². The van der Waals surface area contributed by atoms with Crippen LogP contribution in [0.5, 0.6) is 0 Å². The third-order valence-electron chi connectivity index (χ3n) is 2.16. The summed E-state index contributed by atoms with van der Waals surface area (Å²) in [6, 6.07) is 0.229. The summed E-state index contributed by atoms with van der Waals surface area (Å²) >= 11 is 1.92. The number of hydrogen-bond acceptors (Lipinski definition) is 6. The zero-order chi connectivity index (χ0) is 10.7. The van der Waals surface area contributed by atoms with Gasteiger partial charge in [0.15, 0.2) is 5.82 Å². The monoisotopic (exact) mass is 228 g/mol. The molecule has 1 aliphatic rings. The molecule has 1 aromatic rings. The van der Waals surface area contributed by atoms with Crippen LogP contribution in [0, 0.1) is 0 Å². The number of rotatable bonds is 3. The molecule has 1 aromatic heterocycles. The van der Waals surface area contributed by atoms with Gasteiger partial charge in [0.05, 0.1) is 12.6 Å². The summed E-state index contributed by atoms with van der Waals surface area (Å²) in [4.78, 5) is 6.40. The molecule has 1 N–H and O–H groups in total. The van der Waals surface area contributed by atoms with Crippen molar-refractivity contribution in [2.24, 2.45) is 0 Å². The summed E-state index contributed by atoms with van der Waals surface area (Å²) in [7, 11) is 3.98. The third-order valence-corrected chi connectivity index (χ3v) is 3.22. The van der Waals surface area contributed by atoms with Crippen LogP contribution >= 0.6 is 11.8 Å². The van der Waals surface area contributed by atoms with Gasteiger partial charge in [0.2, 0.25) is 5.89 Å². The molecule has 0 radical (unpaired) electrons. The molecule has 0 saturated carbocycles. The number of thioether (sulfide) groups is 1. The predicted molar refractivity (Wildman–Crippen MR) is 59.8 cm³/mol. The fraction of sp³-hybridized carbons (Fsp3) is 0.778. The molecule has 2 rings (SSSR count). The Balaban J connectivity index is 1.99. The summed E-state index contributed by atoms with van der Waals surface area (Å²) < 4.78 is 5.24. The molecule has 6 heteroatoms. The van der Waals surface area contributed by atoms with Crippen molar-refractivity contribution >= 4 is 11.8 Å². The predicted octanol–water partition coefficient (Wildman–Crippen LogP) is 0.509. The number of hydrogen-bond donors (Lipinski definition) is 1. The molecule has 1 saturated heterocycles. The molecule has 15 heavy (non-hydrogen) atoms. The Labute approximate surface area is 93.6 Å². The van der Waals surface area contributed by atoms with Gasteiger partial charge in [0, 0.05) is 18.1 Å². The van der Waals surface area contributed by atoms with Gasteiger partial charge >= 0.3 is 0 Å². The zero-order valence-electron chi connectivity index (χ0n) is 9.06. The first-order valence-corrected chi connectivity index (χ1v) is 6.19. The van der Waals surface area contributed by atoms with Crippen molar-refractivity contribution in [2.45, 2.75) is 12.6 Å². The first-order chi connectivity index (χ1) is 7.25. The van der Waals surface area contributed by atoms with Crippen LogP contribution in [-0.4, -0.2) is 47.2 Å². The second-order valence-electron chi connectivity index (χ2n) is 3.87. The Morgan fingerprint density at radius 3 is 3.13 bits per heavy atom. The van der Waals surface area contributed by atoms with Gasteiger partial charge < -0.3 is 14.7 Å². The van der Waals surface area contributed by atoms with Gasteiger partial charge in [-0.25, -0.2) is 0 Å². The van der Waals surface area contributed by atoms with E-state index < -0.39 is 0 Å². The van der Waals surface area contributed by atoms with E-state index in [1.165, 1.54) is 0 Å². The topological polar surface area (TPSA) is 54.2 Å². The molecule has 5 nitrogen and oxygen atoms in total. The lowest BCUT2D eigenvalue weighted by Crippen LogP contribution is -2.30. The minimum Gasteiger partial charge on any atom is -0.338 e. The van der Waals surface area contributed by atoms with Crippen LogP contribution in [0.2, 0.25) is 0 Å². The highest BCUT2D eigenvalue weighted by molar-refractivity contribution is 7.99. The molecule has 0 spiro atoms. The van der Waals surface area contributed by atoms with Crippen LogP contribution in [0.1, 0.15) is 17.8 Å². The average Bonchev–Trinajstić information content (AvgIpc) is 2.67. The van der Waals surface area contributed by atoms with Crippen LogP contribution < -0.4 is 5.32 Å². The fourth-order valence-electron chi connectivity index (χ4n) is 1.48. The summed E-state index contributed by atoms with van der Waals surface area (Å²) in [5.74, 6) is 3.66. The molecular weight excluding hydrogens is 212 g/mol. The normalized spacial score (nSPS) is 22.2. The highest BCUT2D eigenvalue weighted by Crippen LogP contribution is 2.20. The van der Waals surface area contributed by atoms with Gasteiger partial charge in [-0.3, -0.25) is 0 Å². The third kappa shape index (κ3) is 2.93. The van der Waals surface area contributed by atoms with Crippen LogP contribution in [0.25, 0.3) is 0 Å². The molecule has 1 aliphatic heterocycles. The van der Waals surface area contributed by atoms with Gasteiger partial charge in [-0.05, 0) is 14.1 Å². The first-order valence-electron chi connectivity index (χ1n) is 5.04. The Morgan fingerprint density at radius 2 is 2.47 bits per heavy atom. The highest BCUT2D eigenvalue weighted by Gasteiger charge is 2.21. The van der Waals surface area contributed by atoms with E-state index in [1.807, 2.05) is 30.8 Å². The Kier molecular flexibility index (Phi) is 3.61. The second-order valence-corrected chi connectivity index (χ2v) is 5.02. The maximum atomic E-state index is 5.24. The van der Waals surface area contributed by atoms with Gasteiger partial charge in [-0.2, -0.15) is 16.7 Å². The van der Waals surface area contributed by atoms with Gasteiger partial charge in [0.1, 0.15) is 0 Å². The molecule has 1 atom stereocenters. The number of aromatic nitrogens is 2. The fourth-order valence-corrected chi connectivity index (χ4v) is 2.41. The van der Waals surface area contributed by atoms with E-state index in [0.29, 0.717) is 0 Å². The molecule has 0 aromatic carbocycles. The van der Waals surface area contributed by atoms with E-state index >= 15 is 0 Å². The molecule has 1 unspecified atom stereocenters. The van der Waals surface area contributed by atoms with E-state index in [1.54, 1.807) is 0 Å². The summed E-state index contributed by atoms with van der Waals surface area (Å²) in [6.45, 7) is 1.74. The van der Waals surface area contributed by atoms with E-state index in [0.717, 1.165) is 36.3 Å². The number of nitrogens with zero attached hydrogens (tertiary/aromatic N) is 3. The molecule has 0 amide bonds. The zero-order valence-corrected chi connectivity index (χ0v) is 9.88. The van der Waals surface area contributed by atoms with Gasteiger partial charge in [-0.15, -0.1) is 0 Å². The van der Waals surface area contributed by atoms with E-state index in [2.05, 4.69) is 15.5 Å². The summed E-state index contributed by atoms with van der Waals surface area (Å²) in [5.41, 5.74) is 0. The molecule has 1 fully saturated rings. The van der Waals surface area contributed by atoms with Crippen molar-refractivity contribution in [3.63, 3.8) is 0 Å². The summed E-state index contributed by atoms with van der Waals surface area (Å²) in [5, 5.41) is 7.33. The smallest absolute Gasteiger partial charge is 0.244 e. The van der Waals surface area contributed by atoms with E-state index in [-0.39, 0.29) is 6.04 Å². The molecule has 0 bridgehead atoms. The SMILES string of the molecule is CN(C)Cc1noc(C2CSCCN2)n1. The van der Waals surface area contributed by atoms with Gasteiger partial charge in [0.25, 0.3) is 0 Å². The van der Waals surface area contributed by atoms with Crippen molar-refractivity contribution in [1.29, 1.82) is 0 Å². The van der Waals surface area contributed by atoms with E-state index in [9.17, 15) is 0 Å². The van der Waals surface area contributed by atoms with Crippen molar-refractivity contribution < 1.29 is 4.52 Å². The van der Waals surface area contributed by atoms with Crippen molar-refractivity contribution in [1.82, 2.24) is 20.4 Å². The molecule has 2 heterocycles. The van der Waals surface area contributed by atoms with Crippen LogP contribution in [0.4, 0.5) is 0 Å². The minimum atomic E-state index is 0.229. The van der Waals surface area contributed by atoms with Crippen LogP contribution in [0.3, 0.4) is 0 Å². The Bertz CT molecular complexity index is 309. The maximum Gasteiger partial charge on any atom is 0.244 e. The molecule has 84 valence electrons. The molecule has 0 aliphatic carbocycles. The Hall–Kier alpha value is -0.590. The van der Waals surface area contributed by atoms with Crippen LogP contribution in [0.15, 0.2) is 4.52 Å². The van der Waals surface area contributed by atoms with Crippen molar-refractivity contribution in [2.75, 3.05) is 32.1 Å². The van der Waals surface area contributed by atoms with Gasteiger partial charge in [-0.1, -0.05) is 5.16 Å². The quantitative estimate of drug-likeness (QED) is 0.813. The summed E-state index contributed by atoms with van der Waals surface area (Å²) in [6.07, 6.45) is 0. The standard InChI is InChI=1S/C9H16N4OS/c1-13(2)5-8-11-9(14-12-8)7-6-15-4-3-10-7/h7,10H,3-6H2,1-2H3. The lowest BCUT2D eigenvalue weighted by atomic mass is 10.3. The molecular formula is C9H16N4OS. The average molecular weight is 228 g/mol. The lowest BCUT2D eigenvalue weighted by molar-refractivity contribution is 0.328. The minimum absolute atomic E-state index is 0.229. The highest BCUT2D eigenvalue weighted by atomic mass is 32.2. The van der Waals surface area contributed by atoms with Crippen LogP contribution in [-0.2, 0) is 6.54 Å². The van der Waals surface area contributed by atoms with E-state index in [4.69, 9.17) is 4.52 Å². The largest absolute Gasteiger partial charge is 0.338 e. The number of nitrogens with one attached hydrogen (secondary N) is 1. The lowest BCUT2D eigenvalue weighted by Gasteiger charge is -2.19. The maximum absolute atomic E-state index is 5.24.